The number of hydrogen-bond donors (Lipinski definition) is 4. The molecular formula is C26H26N8O2. The summed E-state index contributed by atoms with van der Waals surface area (Å²) in [6.45, 7) is 5.83. The maximum absolute atomic E-state index is 11.7. The lowest BCUT2D eigenvalue weighted by Crippen LogP contribution is -2.52. The van der Waals surface area contributed by atoms with Gasteiger partial charge < -0.3 is 26.4 Å². The van der Waals surface area contributed by atoms with Crippen molar-refractivity contribution < 1.29 is 9.53 Å². The number of nitrogens with one attached hydrogen (secondary N) is 3. The molecule has 1 atom stereocenters. The van der Waals surface area contributed by atoms with Gasteiger partial charge in [-0.2, -0.15) is 0 Å². The normalized spacial score (nSPS) is 17.5. The number of ether oxygens (including phenoxy) is 1. The number of pyridine rings is 2. The Balaban J connectivity index is 1.42. The summed E-state index contributed by atoms with van der Waals surface area (Å²) in [5.41, 5.74) is 9.73. The first-order valence-corrected chi connectivity index (χ1v) is 11.5. The molecule has 5 rings (SSSR count). The van der Waals surface area contributed by atoms with Crippen LogP contribution < -0.4 is 21.7 Å². The van der Waals surface area contributed by atoms with Crippen molar-refractivity contribution in [3.05, 3.63) is 79.4 Å². The van der Waals surface area contributed by atoms with Gasteiger partial charge in [-0.15, -0.1) is 0 Å². The maximum atomic E-state index is 11.7. The standard InChI is InChI=1S/C26H26N8O2/c1-2-23(35)32-18-8-9-29-21(12-18)20-5-3-4-17-13-31-25(34-24(17)20)33-19-6-7-22(30-14-19)26(15-27)16-28-10-11-36-26/h2-9,12-14,28H,1,10-11,15-16,27H2,(H,29,32,35)(H,31,33,34)/t26-/m0/s1. The number of morpholine rings is 1. The first kappa shape index (κ1) is 23.5. The molecule has 1 saturated heterocycles. The van der Waals surface area contributed by atoms with E-state index in [1.807, 2.05) is 30.3 Å². The fraction of sp³-hybridized carbons (Fsp3) is 0.192. The van der Waals surface area contributed by atoms with Gasteiger partial charge in [0.25, 0.3) is 0 Å². The summed E-state index contributed by atoms with van der Waals surface area (Å²) < 4.78 is 5.97. The van der Waals surface area contributed by atoms with Crippen LogP contribution in [0.4, 0.5) is 17.3 Å². The minimum atomic E-state index is -0.627. The van der Waals surface area contributed by atoms with Crippen LogP contribution in [0.5, 0.6) is 0 Å². The number of fused-ring (bicyclic) bond motifs is 1. The fourth-order valence-corrected chi connectivity index (χ4v) is 4.10. The van der Waals surface area contributed by atoms with Gasteiger partial charge in [0.15, 0.2) is 0 Å². The van der Waals surface area contributed by atoms with E-state index >= 15 is 0 Å². The number of para-hydroxylation sites is 1. The van der Waals surface area contributed by atoms with Gasteiger partial charge >= 0.3 is 0 Å². The van der Waals surface area contributed by atoms with Crippen molar-refractivity contribution in [3.8, 4) is 11.3 Å². The summed E-state index contributed by atoms with van der Waals surface area (Å²) in [7, 11) is 0. The highest BCUT2D eigenvalue weighted by Gasteiger charge is 2.35. The average molecular weight is 483 g/mol. The van der Waals surface area contributed by atoms with Crippen molar-refractivity contribution >= 4 is 34.1 Å². The van der Waals surface area contributed by atoms with E-state index in [9.17, 15) is 4.79 Å². The second kappa shape index (κ2) is 10.2. The largest absolute Gasteiger partial charge is 0.365 e. The molecule has 0 aliphatic carbocycles. The van der Waals surface area contributed by atoms with Crippen LogP contribution in [0.15, 0.2) is 73.7 Å². The fourth-order valence-electron chi connectivity index (χ4n) is 4.10. The summed E-state index contributed by atoms with van der Waals surface area (Å²) in [5.74, 6) is 0.131. The number of benzene rings is 1. The van der Waals surface area contributed by atoms with Crippen LogP contribution in [0.25, 0.3) is 22.2 Å². The van der Waals surface area contributed by atoms with Gasteiger partial charge in [-0.25, -0.2) is 9.97 Å². The highest BCUT2D eigenvalue weighted by molar-refractivity contribution is 5.99. The van der Waals surface area contributed by atoms with Crippen LogP contribution >= 0.6 is 0 Å². The highest BCUT2D eigenvalue weighted by atomic mass is 16.5. The molecule has 4 heterocycles. The predicted molar refractivity (Wildman–Crippen MR) is 139 cm³/mol. The quantitative estimate of drug-likeness (QED) is 0.293. The van der Waals surface area contributed by atoms with E-state index in [1.165, 1.54) is 6.08 Å². The minimum absolute atomic E-state index is 0.290. The number of hydrogen-bond acceptors (Lipinski definition) is 9. The molecule has 4 aromatic rings. The molecule has 10 nitrogen and oxygen atoms in total. The summed E-state index contributed by atoms with van der Waals surface area (Å²) in [4.78, 5) is 30.0. The lowest BCUT2D eigenvalue weighted by Gasteiger charge is -2.36. The number of nitrogens with zero attached hydrogens (tertiary/aromatic N) is 4. The maximum Gasteiger partial charge on any atom is 0.247 e. The Hall–Kier alpha value is -4.25. The molecule has 1 aliphatic rings. The van der Waals surface area contributed by atoms with E-state index in [0.29, 0.717) is 37.0 Å². The smallest absolute Gasteiger partial charge is 0.247 e. The van der Waals surface area contributed by atoms with E-state index < -0.39 is 5.60 Å². The second-order valence-corrected chi connectivity index (χ2v) is 8.34. The topological polar surface area (TPSA) is 140 Å². The van der Waals surface area contributed by atoms with Crippen molar-refractivity contribution in [1.82, 2.24) is 25.3 Å². The zero-order valence-corrected chi connectivity index (χ0v) is 19.6. The highest BCUT2D eigenvalue weighted by Crippen LogP contribution is 2.29. The summed E-state index contributed by atoms with van der Waals surface area (Å²) in [6, 6.07) is 13.1. The van der Waals surface area contributed by atoms with Gasteiger partial charge in [0.05, 0.1) is 35.4 Å². The minimum Gasteiger partial charge on any atom is -0.365 e. The Labute approximate surface area is 208 Å². The van der Waals surface area contributed by atoms with E-state index in [-0.39, 0.29) is 5.91 Å². The van der Waals surface area contributed by atoms with Crippen molar-refractivity contribution in [2.75, 3.05) is 36.9 Å². The van der Waals surface area contributed by atoms with Crippen LogP contribution in [0.1, 0.15) is 5.69 Å². The number of carbonyl (C=O) groups is 1. The van der Waals surface area contributed by atoms with Crippen LogP contribution in [-0.4, -0.2) is 52.1 Å². The Morgan fingerprint density at radius 3 is 2.83 bits per heavy atom. The zero-order chi connectivity index (χ0) is 25.0. The molecule has 1 fully saturated rings. The number of amides is 1. The molecule has 0 saturated carbocycles. The molecule has 0 bridgehead atoms. The molecule has 1 aromatic carbocycles. The van der Waals surface area contributed by atoms with Crippen LogP contribution in [0, 0.1) is 0 Å². The van der Waals surface area contributed by atoms with E-state index in [4.69, 9.17) is 15.5 Å². The third kappa shape index (κ3) is 4.78. The lowest BCUT2D eigenvalue weighted by atomic mass is 9.97. The van der Waals surface area contributed by atoms with Crippen molar-refractivity contribution in [2.45, 2.75) is 5.60 Å². The molecule has 1 aliphatic heterocycles. The van der Waals surface area contributed by atoms with Gasteiger partial charge in [0.2, 0.25) is 11.9 Å². The van der Waals surface area contributed by atoms with Crippen LogP contribution in [0.3, 0.4) is 0 Å². The Bertz CT molecular complexity index is 1400. The zero-order valence-electron chi connectivity index (χ0n) is 19.6. The summed E-state index contributed by atoms with van der Waals surface area (Å²) in [6.07, 6.45) is 6.33. The third-order valence-corrected chi connectivity index (χ3v) is 5.98. The molecule has 3 aromatic heterocycles. The number of anilines is 3. The van der Waals surface area contributed by atoms with E-state index in [0.717, 1.165) is 34.4 Å². The van der Waals surface area contributed by atoms with Crippen molar-refractivity contribution in [3.63, 3.8) is 0 Å². The SMILES string of the molecule is C=CC(=O)Nc1ccnc(-c2cccc3cnc(Nc4ccc([C@]5(CN)CNCCO5)nc4)nc23)c1. The molecule has 1 amide bonds. The van der Waals surface area contributed by atoms with Crippen molar-refractivity contribution in [2.24, 2.45) is 5.73 Å². The van der Waals surface area contributed by atoms with Gasteiger partial charge in [0, 0.05) is 48.7 Å². The molecule has 36 heavy (non-hydrogen) atoms. The first-order valence-electron chi connectivity index (χ1n) is 11.5. The van der Waals surface area contributed by atoms with Crippen LogP contribution in [-0.2, 0) is 15.1 Å². The van der Waals surface area contributed by atoms with E-state index in [2.05, 4.69) is 37.5 Å². The molecular weight excluding hydrogens is 456 g/mol. The molecule has 10 heteroatoms. The molecule has 0 spiro atoms. The number of carbonyl (C=O) groups excluding carboxylic acids is 1. The lowest BCUT2D eigenvalue weighted by molar-refractivity contribution is -0.111. The molecule has 5 N–H and O–H groups in total. The number of aromatic nitrogens is 4. The van der Waals surface area contributed by atoms with Gasteiger partial charge in [0.1, 0.15) is 5.60 Å². The summed E-state index contributed by atoms with van der Waals surface area (Å²) in [5, 5.41) is 10.2. The Morgan fingerprint density at radius 2 is 2.08 bits per heavy atom. The van der Waals surface area contributed by atoms with E-state index in [1.54, 1.807) is 30.7 Å². The van der Waals surface area contributed by atoms with Crippen LogP contribution in [0.2, 0.25) is 0 Å². The van der Waals surface area contributed by atoms with Gasteiger partial charge in [-0.3, -0.25) is 14.8 Å². The molecule has 0 unspecified atom stereocenters. The number of nitrogens with two attached hydrogens (primary N) is 1. The first-order chi connectivity index (χ1) is 17.6. The molecule has 0 radical (unpaired) electrons. The Kier molecular flexibility index (Phi) is 6.63. The second-order valence-electron chi connectivity index (χ2n) is 8.34. The monoisotopic (exact) mass is 482 g/mol. The van der Waals surface area contributed by atoms with Gasteiger partial charge in [-0.1, -0.05) is 24.8 Å². The number of rotatable bonds is 7. The predicted octanol–water partition coefficient (Wildman–Crippen LogP) is 2.73. The Morgan fingerprint density at radius 1 is 1.17 bits per heavy atom. The summed E-state index contributed by atoms with van der Waals surface area (Å²) >= 11 is 0. The van der Waals surface area contributed by atoms with Crippen molar-refractivity contribution in [1.29, 1.82) is 0 Å². The van der Waals surface area contributed by atoms with Gasteiger partial charge in [-0.05, 0) is 30.3 Å². The third-order valence-electron chi connectivity index (χ3n) is 5.98. The molecule has 182 valence electrons. The average Bonchev–Trinajstić information content (AvgIpc) is 2.93.